The van der Waals surface area contributed by atoms with Gasteiger partial charge in [0.25, 0.3) is 0 Å². The van der Waals surface area contributed by atoms with Crippen LogP contribution in [-0.2, 0) is 5.41 Å². The maximum Gasteiger partial charge on any atom is 0.0408 e. The summed E-state index contributed by atoms with van der Waals surface area (Å²) in [5.74, 6) is 1.39. The molecule has 0 aliphatic heterocycles. The summed E-state index contributed by atoms with van der Waals surface area (Å²) in [6.07, 6.45) is 1.19. The third kappa shape index (κ3) is 1.58. The first-order chi connectivity index (χ1) is 6.16. The Morgan fingerprint density at radius 2 is 2.31 bits per heavy atom. The largest absolute Gasteiger partial charge is 0.126 e. The van der Waals surface area contributed by atoms with Crippen molar-refractivity contribution in [2.45, 2.75) is 18.8 Å². The maximum atomic E-state index is 5.94. The van der Waals surface area contributed by atoms with E-state index in [1.54, 1.807) is 0 Å². The van der Waals surface area contributed by atoms with Crippen molar-refractivity contribution in [1.29, 1.82) is 0 Å². The lowest BCUT2D eigenvalue weighted by Gasteiger charge is -2.10. The minimum absolute atomic E-state index is 0.284. The summed E-state index contributed by atoms with van der Waals surface area (Å²) in [5.41, 5.74) is 1.61. The second kappa shape index (κ2) is 3.18. The van der Waals surface area contributed by atoms with Gasteiger partial charge in [-0.25, -0.2) is 0 Å². The highest BCUT2D eigenvalue weighted by atomic mass is 35.5. The molecule has 2 heteroatoms. The summed E-state index contributed by atoms with van der Waals surface area (Å²) < 4.78 is 0. The van der Waals surface area contributed by atoms with Gasteiger partial charge in [0.2, 0.25) is 0 Å². The number of hydrogen-bond acceptors (Lipinski definition) is 0. The van der Waals surface area contributed by atoms with Crippen LogP contribution in [0.4, 0.5) is 0 Å². The van der Waals surface area contributed by atoms with Crippen LogP contribution in [0.5, 0.6) is 0 Å². The molecule has 0 saturated heterocycles. The van der Waals surface area contributed by atoms with Crippen molar-refractivity contribution >= 4 is 23.2 Å². The molecule has 0 radical (unpaired) electrons. The van der Waals surface area contributed by atoms with Crippen LogP contribution in [0.3, 0.4) is 0 Å². The standard InChI is InChI=1S/C11H12Cl2/c1-11(6-9(11)7-12)8-3-2-4-10(13)5-8/h2-5,9H,6-7H2,1H3. The molecule has 0 N–H and O–H groups in total. The van der Waals surface area contributed by atoms with E-state index in [9.17, 15) is 0 Å². The van der Waals surface area contributed by atoms with Gasteiger partial charge in [-0.05, 0) is 35.4 Å². The van der Waals surface area contributed by atoms with E-state index in [0.717, 1.165) is 10.9 Å². The van der Waals surface area contributed by atoms with Crippen molar-refractivity contribution in [1.82, 2.24) is 0 Å². The van der Waals surface area contributed by atoms with Gasteiger partial charge in [0.05, 0.1) is 0 Å². The van der Waals surface area contributed by atoms with Crippen LogP contribution in [0.15, 0.2) is 24.3 Å². The number of rotatable bonds is 2. The first-order valence-corrected chi connectivity index (χ1v) is 5.40. The molecule has 13 heavy (non-hydrogen) atoms. The molecule has 1 aliphatic rings. The predicted octanol–water partition coefficient (Wildman–Crippen LogP) is 3.86. The molecule has 1 aromatic rings. The van der Waals surface area contributed by atoms with Gasteiger partial charge in [0.1, 0.15) is 0 Å². The Labute approximate surface area is 88.9 Å². The van der Waals surface area contributed by atoms with E-state index in [1.165, 1.54) is 12.0 Å². The highest BCUT2D eigenvalue weighted by molar-refractivity contribution is 6.30. The highest BCUT2D eigenvalue weighted by Crippen LogP contribution is 2.54. The number of hydrogen-bond donors (Lipinski definition) is 0. The van der Waals surface area contributed by atoms with Gasteiger partial charge in [0, 0.05) is 10.9 Å². The topological polar surface area (TPSA) is 0 Å². The van der Waals surface area contributed by atoms with Crippen molar-refractivity contribution in [3.63, 3.8) is 0 Å². The van der Waals surface area contributed by atoms with E-state index in [4.69, 9.17) is 23.2 Å². The lowest BCUT2D eigenvalue weighted by atomic mass is 9.96. The minimum atomic E-state index is 0.284. The Morgan fingerprint density at radius 3 is 2.85 bits per heavy atom. The van der Waals surface area contributed by atoms with Crippen molar-refractivity contribution < 1.29 is 0 Å². The molecule has 2 rings (SSSR count). The fraction of sp³-hybridized carbons (Fsp3) is 0.455. The van der Waals surface area contributed by atoms with Crippen LogP contribution in [0.2, 0.25) is 5.02 Å². The zero-order chi connectivity index (χ0) is 9.47. The molecule has 1 fully saturated rings. The molecule has 70 valence electrons. The average Bonchev–Trinajstić information content (AvgIpc) is 2.79. The highest BCUT2D eigenvalue weighted by Gasteiger charge is 2.50. The van der Waals surface area contributed by atoms with Crippen molar-refractivity contribution in [3.05, 3.63) is 34.9 Å². The number of alkyl halides is 1. The SMILES string of the molecule is CC1(c2cccc(Cl)c2)CC1CCl. The summed E-state index contributed by atoms with van der Waals surface area (Å²) in [6.45, 7) is 2.26. The average molecular weight is 215 g/mol. The zero-order valence-corrected chi connectivity index (χ0v) is 9.07. The first kappa shape index (κ1) is 9.36. The summed E-state index contributed by atoms with van der Waals surface area (Å²) in [5, 5.41) is 0.818. The molecular weight excluding hydrogens is 203 g/mol. The molecule has 0 spiro atoms. The van der Waals surface area contributed by atoms with Crippen LogP contribution in [-0.4, -0.2) is 5.88 Å². The lowest BCUT2D eigenvalue weighted by molar-refractivity contribution is 0.706. The Kier molecular flexibility index (Phi) is 2.29. The van der Waals surface area contributed by atoms with Crippen LogP contribution >= 0.6 is 23.2 Å². The van der Waals surface area contributed by atoms with E-state index in [2.05, 4.69) is 13.0 Å². The second-order valence-electron chi connectivity index (χ2n) is 3.98. The number of halogens is 2. The Balaban J connectivity index is 2.27. The molecule has 0 bridgehead atoms. The first-order valence-electron chi connectivity index (χ1n) is 4.49. The van der Waals surface area contributed by atoms with Crippen LogP contribution in [0.1, 0.15) is 18.9 Å². The van der Waals surface area contributed by atoms with Crippen LogP contribution in [0, 0.1) is 5.92 Å². The van der Waals surface area contributed by atoms with Gasteiger partial charge in [-0.1, -0.05) is 30.7 Å². The molecule has 1 saturated carbocycles. The fourth-order valence-electron chi connectivity index (χ4n) is 1.88. The molecule has 1 aromatic carbocycles. The van der Waals surface area contributed by atoms with E-state index in [-0.39, 0.29) is 5.41 Å². The molecule has 0 aromatic heterocycles. The van der Waals surface area contributed by atoms with Crippen LogP contribution < -0.4 is 0 Å². The quantitative estimate of drug-likeness (QED) is 0.657. The molecule has 0 nitrogen and oxygen atoms in total. The van der Waals surface area contributed by atoms with Crippen molar-refractivity contribution in [2.75, 3.05) is 5.88 Å². The van der Waals surface area contributed by atoms with Crippen molar-refractivity contribution in [3.8, 4) is 0 Å². The molecule has 2 atom stereocenters. The van der Waals surface area contributed by atoms with Gasteiger partial charge in [-0.15, -0.1) is 11.6 Å². The lowest BCUT2D eigenvalue weighted by Crippen LogP contribution is -2.04. The fourth-order valence-corrected chi connectivity index (χ4v) is 2.52. The Morgan fingerprint density at radius 1 is 1.54 bits per heavy atom. The van der Waals surface area contributed by atoms with E-state index < -0.39 is 0 Å². The molecule has 2 unspecified atom stereocenters. The van der Waals surface area contributed by atoms with Gasteiger partial charge < -0.3 is 0 Å². The van der Waals surface area contributed by atoms with Crippen LogP contribution in [0.25, 0.3) is 0 Å². The van der Waals surface area contributed by atoms with Gasteiger partial charge >= 0.3 is 0 Å². The van der Waals surface area contributed by atoms with E-state index in [0.29, 0.717) is 5.92 Å². The molecule has 0 amide bonds. The monoisotopic (exact) mass is 214 g/mol. The molecule has 1 aliphatic carbocycles. The zero-order valence-electron chi connectivity index (χ0n) is 7.56. The molecular formula is C11H12Cl2. The number of benzene rings is 1. The predicted molar refractivity (Wildman–Crippen MR) is 57.6 cm³/mol. The van der Waals surface area contributed by atoms with Gasteiger partial charge in [0.15, 0.2) is 0 Å². The normalized spacial score (nSPS) is 31.8. The minimum Gasteiger partial charge on any atom is -0.126 e. The maximum absolute atomic E-state index is 5.94. The Hall–Kier alpha value is -0.200. The van der Waals surface area contributed by atoms with Gasteiger partial charge in [-0.3, -0.25) is 0 Å². The van der Waals surface area contributed by atoms with E-state index >= 15 is 0 Å². The third-order valence-corrected chi connectivity index (χ3v) is 3.69. The summed E-state index contributed by atoms with van der Waals surface area (Å²) in [7, 11) is 0. The Bertz CT molecular complexity index is 322. The van der Waals surface area contributed by atoms with E-state index in [1.807, 2.05) is 18.2 Å². The van der Waals surface area contributed by atoms with Gasteiger partial charge in [-0.2, -0.15) is 0 Å². The smallest absolute Gasteiger partial charge is 0.0408 e. The second-order valence-corrected chi connectivity index (χ2v) is 4.73. The summed E-state index contributed by atoms with van der Waals surface area (Å²) in [4.78, 5) is 0. The summed E-state index contributed by atoms with van der Waals surface area (Å²) in [6, 6.07) is 8.10. The third-order valence-electron chi connectivity index (χ3n) is 3.08. The summed E-state index contributed by atoms with van der Waals surface area (Å²) >= 11 is 11.8. The molecule has 0 heterocycles. The van der Waals surface area contributed by atoms with Crippen molar-refractivity contribution in [2.24, 2.45) is 5.92 Å².